The number of hydrogen-bond acceptors (Lipinski definition) is 4. The predicted molar refractivity (Wildman–Crippen MR) is 64.2 cm³/mol. The summed E-state index contributed by atoms with van der Waals surface area (Å²) in [5, 5.41) is 3.48. The fraction of sp³-hybridized carbons (Fsp3) is 0.667. The van der Waals surface area contributed by atoms with Crippen molar-refractivity contribution < 1.29 is 4.74 Å². The van der Waals surface area contributed by atoms with Crippen molar-refractivity contribution in [3.8, 4) is 0 Å². The van der Waals surface area contributed by atoms with Gasteiger partial charge in [-0.2, -0.15) is 0 Å². The highest BCUT2D eigenvalue weighted by atomic mass is 16.5. The normalized spacial score (nSPS) is 14.7. The molecule has 0 saturated carbocycles. The third kappa shape index (κ3) is 3.54. The molecule has 1 rings (SSSR count). The van der Waals surface area contributed by atoms with E-state index in [1.807, 2.05) is 12.4 Å². The maximum atomic E-state index is 5.50. The fourth-order valence-corrected chi connectivity index (χ4v) is 1.77. The molecule has 0 fully saturated rings. The van der Waals surface area contributed by atoms with E-state index in [0.29, 0.717) is 0 Å². The Kier molecular flexibility index (Phi) is 5.96. The Bertz CT molecular complexity index is 275. The van der Waals surface area contributed by atoms with Gasteiger partial charge in [-0.1, -0.05) is 13.8 Å². The first-order valence-electron chi connectivity index (χ1n) is 5.84. The molecule has 0 saturated heterocycles. The molecule has 2 atom stereocenters. The standard InChI is InChI=1S/C12H21N3O/c1-4-6-15-12(11(5-2)16-3)10-7-13-9-14-8-10/h7-9,11-12,15H,4-6H2,1-3H3. The summed E-state index contributed by atoms with van der Waals surface area (Å²) in [6.45, 7) is 5.25. The largest absolute Gasteiger partial charge is 0.379 e. The minimum absolute atomic E-state index is 0.164. The average Bonchev–Trinajstić information content (AvgIpc) is 2.35. The lowest BCUT2D eigenvalue weighted by molar-refractivity contribution is 0.0648. The van der Waals surface area contributed by atoms with Crippen LogP contribution >= 0.6 is 0 Å². The molecule has 4 nitrogen and oxygen atoms in total. The first-order chi connectivity index (χ1) is 7.83. The monoisotopic (exact) mass is 223 g/mol. The summed E-state index contributed by atoms with van der Waals surface area (Å²) in [5.74, 6) is 0. The molecule has 0 spiro atoms. The van der Waals surface area contributed by atoms with E-state index in [4.69, 9.17) is 4.74 Å². The zero-order chi connectivity index (χ0) is 11.8. The first-order valence-corrected chi connectivity index (χ1v) is 5.84. The molecule has 1 N–H and O–H groups in total. The van der Waals surface area contributed by atoms with Crippen LogP contribution in [0, 0.1) is 0 Å². The second kappa shape index (κ2) is 7.30. The summed E-state index contributed by atoms with van der Waals surface area (Å²) in [6.07, 6.45) is 7.48. The van der Waals surface area contributed by atoms with Gasteiger partial charge in [0.05, 0.1) is 12.1 Å². The Morgan fingerprint density at radius 2 is 2.00 bits per heavy atom. The summed E-state index contributed by atoms with van der Waals surface area (Å²) in [5.41, 5.74) is 1.09. The number of ether oxygens (including phenoxy) is 1. The predicted octanol–water partition coefficient (Wildman–Crippen LogP) is 1.94. The van der Waals surface area contributed by atoms with Crippen LogP contribution in [0.15, 0.2) is 18.7 Å². The van der Waals surface area contributed by atoms with Crippen LogP contribution in [0.1, 0.15) is 38.3 Å². The van der Waals surface area contributed by atoms with Crippen molar-refractivity contribution in [2.24, 2.45) is 0 Å². The van der Waals surface area contributed by atoms with Crippen molar-refractivity contribution in [3.05, 3.63) is 24.3 Å². The molecule has 90 valence electrons. The van der Waals surface area contributed by atoms with Gasteiger partial charge in [-0.15, -0.1) is 0 Å². The van der Waals surface area contributed by atoms with Crippen LogP contribution in [0.2, 0.25) is 0 Å². The van der Waals surface area contributed by atoms with Crippen LogP contribution in [0.5, 0.6) is 0 Å². The molecule has 16 heavy (non-hydrogen) atoms. The third-order valence-corrected chi connectivity index (χ3v) is 2.63. The molecular formula is C12H21N3O. The fourth-order valence-electron chi connectivity index (χ4n) is 1.77. The molecule has 0 aliphatic carbocycles. The number of hydrogen-bond donors (Lipinski definition) is 1. The van der Waals surface area contributed by atoms with Crippen molar-refractivity contribution in [3.63, 3.8) is 0 Å². The molecular weight excluding hydrogens is 202 g/mol. The molecule has 0 amide bonds. The van der Waals surface area contributed by atoms with E-state index in [1.165, 1.54) is 0 Å². The highest BCUT2D eigenvalue weighted by molar-refractivity contribution is 5.11. The van der Waals surface area contributed by atoms with E-state index in [0.717, 1.165) is 24.9 Å². The lowest BCUT2D eigenvalue weighted by Crippen LogP contribution is -2.33. The van der Waals surface area contributed by atoms with Crippen molar-refractivity contribution in [2.75, 3.05) is 13.7 Å². The maximum Gasteiger partial charge on any atom is 0.115 e. The molecule has 0 aromatic carbocycles. The second-order valence-corrected chi connectivity index (χ2v) is 3.79. The van der Waals surface area contributed by atoms with E-state index in [-0.39, 0.29) is 12.1 Å². The molecule has 1 aromatic rings. The van der Waals surface area contributed by atoms with Crippen molar-refractivity contribution in [2.45, 2.75) is 38.8 Å². The highest BCUT2D eigenvalue weighted by Crippen LogP contribution is 2.19. The average molecular weight is 223 g/mol. The molecule has 0 aliphatic heterocycles. The van der Waals surface area contributed by atoms with Gasteiger partial charge in [0.15, 0.2) is 0 Å². The zero-order valence-electron chi connectivity index (χ0n) is 10.3. The molecule has 2 unspecified atom stereocenters. The number of rotatable bonds is 7. The van der Waals surface area contributed by atoms with Gasteiger partial charge < -0.3 is 10.1 Å². The Morgan fingerprint density at radius 3 is 2.50 bits per heavy atom. The topological polar surface area (TPSA) is 47.0 Å². The molecule has 4 heteroatoms. The van der Waals surface area contributed by atoms with E-state index in [1.54, 1.807) is 13.4 Å². The van der Waals surface area contributed by atoms with Gasteiger partial charge in [0.25, 0.3) is 0 Å². The molecule has 0 aliphatic rings. The van der Waals surface area contributed by atoms with Gasteiger partial charge in [0.2, 0.25) is 0 Å². The minimum Gasteiger partial charge on any atom is -0.379 e. The highest BCUT2D eigenvalue weighted by Gasteiger charge is 2.21. The van der Waals surface area contributed by atoms with E-state index >= 15 is 0 Å². The van der Waals surface area contributed by atoms with Crippen molar-refractivity contribution in [1.29, 1.82) is 0 Å². The first kappa shape index (κ1) is 13.1. The minimum atomic E-state index is 0.164. The van der Waals surface area contributed by atoms with E-state index < -0.39 is 0 Å². The van der Waals surface area contributed by atoms with Gasteiger partial charge in [0, 0.05) is 25.1 Å². The third-order valence-electron chi connectivity index (χ3n) is 2.63. The zero-order valence-corrected chi connectivity index (χ0v) is 10.3. The smallest absolute Gasteiger partial charge is 0.115 e. The number of aromatic nitrogens is 2. The van der Waals surface area contributed by atoms with Crippen LogP contribution in [-0.4, -0.2) is 29.7 Å². The van der Waals surface area contributed by atoms with Gasteiger partial charge >= 0.3 is 0 Å². The number of methoxy groups -OCH3 is 1. The lowest BCUT2D eigenvalue weighted by Gasteiger charge is -2.26. The van der Waals surface area contributed by atoms with Crippen molar-refractivity contribution in [1.82, 2.24) is 15.3 Å². The maximum absolute atomic E-state index is 5.50. The summed E-state index contributed by atoms with van der Waals surface area (Å²) < 4.78 is 5.50. The van der Waals surface area contributed by atoms with Crippen LogP contribution in [0.25, 0.3) is 0 Å². The molecule has 1 aromatic heterocycles. The van der Waals surface area contributed by atoms with Crippen LogP contribution < -0.4 is 5.32 Å². The second-order valence-electron chi connectivity index (χ2n) is 3.79. The Hall–Kier alpha value is -1.00. The lowest BCUT2D eigenvalue weighted by atomic mass is 10.0. The number of nitrogens with zero attached hydrogens (tertiary/aromatic N) is 2. The number of nitrogens with one attached hydrogen (secondary N) is 1. The summed E-state index contributed by atoms with van der Waals surface area (Å²) >= 11 is 0. The van der Waals surface area contributed by atoms with E-state index in [2.05, 4.69) is 29.1 Å². The Morgan fingerprint density at radius 1 is 1.31 bits per heavy atom. The summed E-state index contributed by atoms with van der Waals surface area (Å²) in [4.78, 5) is 8.12. The Balaban J connectivity index is 2.78. The summed E-state index contributed by atoms with van der Waals surface area (Å²) in [6, 6.07) is 0.177. The van der Waals surface area contributed by atoms with Gasteiger partial charge in [0.1, 0.15) is 6.33 Å². The van der Waals surface area contributed by atoms with E-state index in [9.17, 15) is 0 Å². The van der Waals surface area contributed by atoms with Gasteiger partial charge in [-0.05, 0) is 19.4 Å². The van der Waals surface area contributed by atoms with Crippen LogP contribution in [0.3, 0.4) is 0 Å². The van der Waals surface area contributed by atoms with Gasteiger partial charge in [-0.3, -0.25) is 0 Å². The quantitative estimate of drug-likeness (QED) is 0.767. The van der Waals surface area contributed by atoms with Crippen LogP contribution in [0.4, 0.5) is 0 Å². The van der Waals surface area contributed by atoms with Gasteiger partial charge in [-0.25, -0.2) is 9.97 Å². The molecule has 0 bridgehead atoms. The molecule has 0 radical (unpaired) electrons. The molecule has 1 heterocycles. The van der Waals surface area contributed by atoms with Crippen LogP contribution in [-0.2, 0) is 4.74 Å². The SMILES string of the molecule is CCCNC(c1cncnc1)C(CC)OC. The summed E-state index contributed by atoms with van der Waals surface area (Å²) in [7, 11) is 1.75. The van der Waals surface area contributed by atoms with Crippen molar-refractivity contribution >= 4 is 0 Å². The Labute approximate surface area is 97.5 Å².